The molecule has 2 N–H and O–H groups in total. The minimum absolute atomic E-state index is 0.0347. The van der Waals surface area contributed by atoms with Gasteiger partial charge in [-0.15, -0.1) is 0 Å². The molecule has 6 heteroatoms. The van der Waals surface area contributed by atoms with Crippen molar-refractivity contribution in [3.05, 3.63) is 29.3 Å². The van der Waals surface area contributed by atoms with E-state index in [2.05, 4.69) is 36.3 Å². The number of hydrogen-bond donors (Lipinski definition) is 2. The molecule has 136 valence electrons. The number of fused-ring (bicyclic) bond motifs is 1. The van der Waals surface area contributed by atoms with Crippen molar-refractivity contribution in [2.45, 2.75) is 51.9 Å². The molecule has 2 aliphatic rings. The molecule has 6 nitrogen and oxygen atoms in total. The third-order valence-electron chi connectivity index (χ3n) is 4.89. The summed E-state index contributed by atoms with van der Waals surface area (Å²) >= 11 is 0. The van der Waals surface area contributed by atoms with Gasteiger partial charge >= 0.3 is 0 Å². The van der Waals surface area contributed by atoms with Gasteiger partial charge in [0.25, 0.3) is 5.91 Å². The lowest BCUT2D eigenvalue weighted by atomic mass is 10.00. The second-order valence-electron chi connectivity index (χ2n) is 7.19. The van der Waals surface area contributed by atoms with Gasteiger partial charge in [-0.1, -0.05) is 0 Å². The first-order valence-electron chi connectivity index (χ1n) is 9.03. The van der Waals surface area contributed by atoms with Crippen LogP contribution in [0, 0.1) is 0 Å². The molecular weight excluding hydrogens is 318 g/mol. The van der Waals surface area contributed by atoms with Crippen LogP contribution in [0.1, 0.15) is 43.1 Å². The highest BCUT2D eigenvalue weighted by Crippen LogP contribution is 2.23. The lowest BCUT2D eigenvalue weighted by Crippen LogP contribution is -2.52. The third kappa shape index (κ3) is 4.38. The van der Waals surface area contributed by atoms with Crippen molar-refractivity contribution < 1.29 is 14.3 Å². The number of benzene rings is 1. The van der Waals surface area contributed by atoms with Crippen LogP contribution in [0.15, 0.2) is 18.2 Å². The van der Waals surface area contributed by atoms with Crippen LogP contribution >= 0.6 is 0 Å². The number of rotatable bonds is 4. The van der Waals surface area contributed by atoms with Crippen LogP contribution in [0.25, 0.3) is 0 Å². The van der Waals surface area contributed by atoms with Gasteiger partial charge in [-0.2, -0.15) is 0 Å². The molecule has 25 heavy (non-hydrogen) atoms. The van der Waals surface area contributed by atoms with E-state index in [0.29, 0.717) is 24.9 Å². The highest BCUT2D eigenvalue weighted by atomic mass is 16.5. The number of hydrogen-bond acceptors (Lipinski definition) is 4. The Morgan fingerprint density at radius 1 is 1.32 bits per heavy atom. The molecule has 2 aliphatic heterocycles. The molecule has 1 fully saturated rings. The lowest BCUT2D eigenvalue weighted by molar-refractivity contribution is -0.116. The van der Waals surface area contributed by atoms with E-state index in [4.69, 9.17) is 4.74 Å². The molecule has 3 rings (SSSR count). The second-order valence-corrected chi connectivity index (χ2v) is 7.19. The van der Waals surface area contributed by atoms with Crippen molar-refractivity contribution in [1.82, 2.24) is 10.2 Å². The molecule has 0 aliphatic carbocycles. The highest BCUT2D eigenvalue weighted by molar-refractivity contribution is 5.97. The Kier molecular flexibility index (Phi) is 5.39. The summed E-state index contributed by atoms with van der Waals surface area (Å²) in [4.78, 5) is 26.2. The molecule has 0 bridgehead atoms. The third-order valence-corrected chi connectivity index (χ3v) is 4.89. The molecule has 2 heterocycles. The number of morpholine rings is 1. The predicted octanol–water partition coefficient (Wildman–Crippen LogP) is 1.80. The van der Waals surface area contributed by atoms with E-state index in [0.717, 1.165) is 24.3 Å². The molecule has 3 atom stereocenters. The summed E-state index contributed by atoms with van der Waals surface area (Å²) in [6, 6.07) is 5.72. The Labute approximate surface area is 148 Å². The van der Waals surface area contributed by atoms with E-state index in [9.17, 15) is 9.59 Å². The van der Waals surface area contributed by atoms with Gasteiger partial charge in [0.15, 0.2) is 0 Å². The van der Waals surface area contributed by atoms with E-state index >= 15 is 0 Å². The molecule has 1 aromatic carbocycles. The fourth-order valence-corrected chi connectivity index (χ4v) is 3.57. The van der Waals surface area contributed by atoms with Crippen LogP contribution in [0.4, 0.5) is 5.69 Å². The number of aryl methyl sites for hydroxylation is 1. The first-order chi connectivity index (χ1) is 11.9. The highest BCUT2D eigenvalue weighted by Gasteiger charge is 2.26. The smallest absolute Gasteiger partial charge is 0.251 e. The van der Waals surface area contributed by atoms with Crippen LogP contribution in [0.5, 0.6) is 0 Å². The number of nitrogens with one attached hydrogen (secondary N) is 2. The zero-order chi connectivity index (χ0) is 18.0. The molecule has 1 saturated heterocycles. The lowest BCUT2D eigenvalue weighted by Gasteiger charge is -2.39. The predicted molar refractivity (Wildman–Crippen MR) is 96.8 cm³/mol. The van der Waals surface area contributed by atoms with Crippen molar-refractivity contribution in [2.75, 3.05) is 25.0 Å². The summed E-state index contributed by atoms with van der Waals surface area (Å²) in [6.45, 7) is 8.68. The molecule has 1 aromatic rings. The fourth-order valence-electron chi connectivity index (χ4n) is 3.57. The van der Waals surface area contributed by atoms with Crippen LogP contribution in [0.2, 0.25) is 0 Å². The molecule has 0 spiro atoms. The summed E-state index contributed by atoms with van der Waals surface area (Å²) < 4.78 is 5.76. The average molecular weight is 345 g/mol. The Bertz CT molecular complexity index is 651. The van der Waals surface area contributed by atoms with Gasteiger partial charge in [0.05, 0.1) is 12.2 Å². The summed E-state index contributed by atoms with van der Waals surface area (Å²) in [7, 11) is 0. The zero-order valence-corrected chi connectivity index (χ0v) is 15.2. The van der Waals surface area contributed by atoms with Gasteiger partial charge in [0, 0.05) is 43.3 Å². The summed E-state index contributed by atoms with van der Waals surface area (Å²) in [6.07, 6.45) is 1.60. The summed E-state index contributed by atoms with van der Waals surface area (Å²) in [5, 5.41) is 5.87. The number of anilines is 1. The van der Waals surface area contributed by atoms with Crippen molar-refractivity contribution >= 4 is 17.5 Å². The molecule has 0 radical (unpaired) electrons. The quantitative estimate of drug-likeness (QED) is 0.873. The van der Waals surface area contributed by atoms with E-state index in [1.165, 1.54) is 0 Å². The SMILES string of the molecule is C[C@@H]1CN([C@H](C)CNC(=O)c2ccc3c(c2)CCC(=O)N3)C[C@H](C)O1. The molecular formula is C19H27N3O3. The van der Waals surface area contributed by atoms with Crippen molar-refractivity contribution in [3.63, 3.8) is 0 Å². The molecule has 0 saturated carbocycles. The molecule has 0 aromatic heterocycles. The van der Waals surface area contributed by atoms with Crippen LogP contribution in [0.3, 0.4) is 0 Å². The van der Waals surface area contributed by atoms with E-state index in [1.807, 2.05) is 12.1 Å². The number of nitrogens with zero attached hydrogens (tertiary/aromatic N) is 1. The number of amides is 2. The Hall–Kier alpha value is -1.92. The van der Waals surface area contributed by atoms with Gasteiger partial charge in [-0.3, -0.25) is 14.5 Å². The Morgan fingerprint density at radius 3 is 2.76 bits per heavy atom. The van der Waals surface area contributed by atoms with E-state index in [-0.39, 0.29) is 30.1 Å². The van der Waals surface area contributed by atoms with Crippen LogP contribution in [-0.2, 0) is 16.0 Å². The van der Waals surface area contributed by atoms with Crippen LogP contribution in [-0.4, -0.2) is 54.6 Å². The van der Waals surface area contributed by atoms with Crippen molar-refractivity contribution in [1.29, 1.82) is 0 Å². The fraction of sp³-hybridized carbons (Fsp3) is 0.579. The summed E-state index contributed by atoms with van der Waals surface area (Å²) in [5.74, 6) is -0.0339. The van der Waals surface area contributed by atoms with Gasteiger partial charge in [0.1, 0.15) is 0 Å². The van der Waals surface area contributed by atoms with E-state index in [1.54, 1.807) is 6.07 Å². The van der Waals surface area contributed by atoms with Gasteiger partial charge < -0.3 is 15.4 Å². The van der Waals surface area contributed by atoms with E-state index < -0.39 is 0 Å². The Morgan fingerprint density at radius 2 is 2.04 bits per heavy atom. The minimum Gasteiger partial charge on any atom is -0.373 e. The average Bonchev–Trinajstić information content (AvgIpc) is 2.58. The maximum Gasteiger partial charge on any atom is 0.251 e. The number of carbonyl (C=O) groups excluding carboxylic acids is 2. The standard InChI is InChI=1S/C19H27N3O3/c1-12(22-10-13(2)25-14(3)11-22)9-20-19(24)16-4-6-17-15(8-16)5-7-18(23)21-17/h4,6,8,12-14H,5,7,9-11H2,1-3H3,(H,20,24)(H,21,23)/t12-,13-,14+/m1/s1. The molecule has 2 amide bonds. The monoisotopic (exact) mass is 345 g/mol. The van der Waals surface area contributed by atoms with Gasteiger partial charge in [-0.25, -0.2) is 0 Å². The number of carbonyl (C=O) groups is 2. The normalized spacial score (nSPS) is 25.0. The topological polar surface area (TPSA) is 70.7 Å². The van der Waals surface area contributed by atoms with Crippen molar-refractivity contribution in [3.8, 4) is 0 Å². The van der Waals surface area contributed by atoms with Crippen LogP contribution < -0.4 is 10.6 Å². The van der Waals surface area contributed by atoms with Gasteiger partial charge in [-0.05, 0) is 51.0 Å². The summed E-state index contributed by atoms with van der Waals surface area (Å²) in [5.41, 5.74) is 2.49. The molecule has 0 unspecified atom stereocenters. The first-order valence-corrected chi connectivity index (χ1v) is 9.03. The minimum atomic E-state index is -0.0686. The second kappa shape index (κ2) is 7.54. The number of ether oxygens (including phenoxy) is 1. The zero-order valence-electron chi connectivity index (χ0n) is 15.2. The Balaban J connectivity index is 1.56. The maximum absolute atomic E-state index is 12.5. The maximum atomic E-state index is 12.5. The first kappa shape index (κ1) is 17.9. The van der Waals surface area contributed by atoms with Crippen molar-refractivity contribution in [2.24, 2.45) is 0 Å². The largest absolute Gasteiger partial charge is 0.373 e. The van der Waals surface area contributed by atoms with Gasteiger partial charge in [0.2, 0.25) is 5.91 Å².